The van der Waals surface area contributed by atoms with Gasteiger partial charge in [-0.1, -0.05) is 18.2 Å². The van der Waals surface area contributed by atoms with E-state index in [1.165, 1.54) is 13.0 Å². The molecule has 0 spiro atoms. The molecule has 2 rings (SSSR count). The Labute approximate surface area is 144 Å². The number of nitrogens with one attached hydrogen (secondary N) is 2. The summed E-state index contributed by atoms with van der Waals surface area (Å²) < 4.78 is 0. The van der Waals surface area contributed by atoms with Crippen LogP contribution in [0.4, 0.5) is 5.69 Å². The molecule has 0 unspecified atom stereocenters. The number of allylic oxidation sites excluding steroid dienone is 2. The number of nitrogens with zero attached hydrogens (tertiary/aromatic N) is 3. The monoisotopic (exact) mass is 329 g/mol. The van der Waals surface area contributed by atoms with Gasteiger partial charge in [0.1, 0.15) is 6.07 Å². The maximum atomic E-state index is 12.0. The zero-order chi connectivity index (χ0) is 18.4. The Morgan fingerprint density at radius 3 is 2.48 bits per heavy atom. The second kappa shape index (κ2) is 7.41. The maximum absolute atomic E-state index is 12.0. The molecular formula is C18H11N5O2. The summed E-state index contributed by atoms with van der Waals surface area (Å²) in [5, 5.41) is 23.2. The lowest BCUT2D eigenvalue weighted by molar-refractivity contribution is -0.116. The lowest BCUT2D eigenvalue weighted by Crippen LogP contribution is -2.16. The topological polar surface area (TPSA) is 110 Å². The van der Waals surface area contributed by atoms with Crippen molar-refractivity contribution in [2.45, 2.75) is 6.92 Å². The molecule has 0 aliphatic carbocycles. The zero-order valence-electron chi connectivity index (χ0n) is 13.1. The molecule has 7 nitrogen and oxygen atoms in total. The molecular weight excluding hydrogens is 318 g/mol. The predicted octanol–water partition coefficient (Wildman–Crippen LogP) is 2.26. The molecule has 0 aromatic heterocycles. The van der Waals surface area contributed by atoms with Crippen LogP contribution in [-0.2, 0) is 9.59 Å². The van der Waals surface area contributed by atoms with Crippen LogP contribution >= 0.6 is 0 Å². The van der Waals surface area contributed by atoms with Gasteiger partial charge in [0.15, 0.2) is 0 Å². The summed E-state index contributed by atoms with van der Waals surface area (Å²) in [6, 6.07) is 10.4. The molecule has 0 bridgehead atoms. The molecule has 0 atom stereocenters. The Bertz CT molecular complexity index is 945. The van der Waals surface area contributed by atoms with E-state index in [0.717, 1.165) is 5.56 Å². The van der Waals surface area contributed by atoms with Crippen molar-refractivity contribution in [1.29, 1.82) is 10.5 Å². The van der Waals surface area contributed by atoms with E-state index in [4.69, 9.17) is 11.8 Å². The summed E-state index contributed by atoms with van der Waals surface area (Å²) in [5.74, 6) is -0.726. The van der Waals surface area contributed by atoms with E-state index in [1.807, 2.05) is 6.07 Å². The first-order valence-corrected chi connectivity index (χ1v) is 7.03. The molecule has 120 valence electrons. The van der Waals surface area contributed by atoms with Gasteiger partial charge >= 0.3 is 0 Å². The molecule has 25 heavy (non-hydrogen) atoms. The highest BCUT2D eigenvalue weighted by Gasteiger charge is 2.28. The third-order valence-electron chi connectivity index (χ3n) is 3.24. The minimum atomic E-state index is -0.547. The average Bonchev–Trinajstić information content (AvgIpc) is 2.90. The van der Waals surface area contributed by atoms with Gasteiger partial charge in [-0.2, -0.15) is 5.26 Å². The lowest BCUT2D eigenvalue weighted by Gasteiger charge is -2.01. The summed E-state index contributed by atoms with van der Waals surface area (Å²) in [6.07, 6.45) is 3.07. The van der Waals surface area contributed by atoms with Crippen molar-refractivity contribution in [2.24, 2.45) is 0 Å². The van der Waals surface area contributed by atoms with Crippen molar-refractivity contribution in [3.8, 4) is 12.1 Å². The van der Waals surface area contributed by atoms with E-state index in [-0.39, 0.29) is 28.4 Å². The minimum absolute atomic E-state index is 0.0383. The number of anilines is 1. The highest BCUT2D eigenvalue weighted by atomic mass is 16.2. The second-order valence-corrected chi connectivity index (χ2v) is 4.94. The summed E-state index contributed by atoms with van der Waals surface area (Å²) in [5.41, 5.74) is 1.03. The van der Waals surface area contributed by atoms with Crippen molar-refractivity contribution >= 4 is 23.6 Å². The minimum Gasteiger partial charge on any atom is -0.329 e. The van der Waals surface area contributed by atoms with Gasteiger partial charge in [-0.25, -0.2) is 10.1 Å². The molecule has 2 N–H and O–H groups in total. The van der Waals surface area contributed by atoms with Crippen molar-refractivity contribution in [3.63, 3.8) is 0 Å². The van der Waals surface area contributed by atoms with Gasteiger partial charge in [0.25, 0.3) is 11.6 Å². The van der Waals surface area contributed by atoms with Crippen LogP contribution in [-0.4, -0.2) is 11.8 Å². The highest BCUT2D eigenvalue weighted by molar-refractivity contribution is 6.05. The number of carbonyl (C=O) groups is 2. The number of carbonyl (C=O) groups excluding carboxylic acids is 2. The zero-order valence-corrected chi connectivity index (χ0v) is 13.1. The number of hydrogen-bond donors (Lipinski definition) is 2. The van der Waals surface area contributed by atoms with Gasteiger partial charge in [-0.15, -0.1) is 0 Å². The Kier molecular flexibility index (Phi) is 5.10. The standard InChI is InChI=1S/C18H11N5O2/c1-11(24)22-13-6-3-12(4-7-13)5-8-14-15(9-19)17(23-18(14)25)16(10-20)21-2/h3-8H,1H3,(H,22,24)(H,23,25)/b8-5+,17-16-. The van der Waals surface area contributed by atoms with E-state index in [9.17, 15) is 14.9 Å². The smallest absolute Gasteiger partial charge is 0.286 e. The first-order chi connectivity index (χ1) is 12.0. The van der Waals surface area contributed by atoms with Gasteiger partial charge in [0.05, 0.1) is 29.5 Å². The Hall–Kier alpha value is -4.15. The quantitative estimate of drug-likeness (QED) is 0.654. The van der Waals surface area contributed by atoms with E-state index in [1.54, 1.807) is 36.4 Å². The fourth-order valence-electron chi connectivity index (χ4n) is 2.14. The number of benzene rings is 1. The third-order valence-corrected chi connectivity index (χ3v) is 3.24. The van der Waals surface area contributed by atoms with Crippen molar-refractivity contribution in [3.05, 3.63) is 69.9 Å². The first-order valence-electron chi connectivity index (χ1n) is 7.03. The SMILES string of the molecule is [C-]#[N+]/C(C#N)=C1\NC(=O)C(/C=C/c2ccc(NC(C)=O)cc2)=C1C#N. The van der Waals surface area contributed by atoms with Crippen LogP contribution in [0.3, 0.4) is 0 Å². The van der Waals surface area contributed by atoms with Crippen molar-refractivity contribution in [1.82, 2.24) is 5.32 Å². The molecule has 0 saturated carbocycles. The largest absolute Gasteiger partial charge is 0.329 e. The third kappa shape index (κ3) is 3.79. The molecule has 7 heteroatoms. The highest BCUT2D eigenvalue weighted by Crippen LogP contribution is 2.25. The van der Waals surface area contributed by atoms with Gasteiger partial charge in [-0.05, 0) is 23.8 Å². The molecule has 1 aliphatic heterocycles. The van der Waals surface area contributed by atoms with Gasteiger partial charge in [-0.3, -0.25) is 9.59 Å². The number of hydrogen-bond acceptors (Lipinski definition) is 4. The molecule has 0 saturated heterocycles. The van der Waals surface area contributed by atoms with Crippen LogP contribution in [0.2, 0.25) is 0 Å². The van der Waals surface area contributed by atoms with Crippen LogP contribution in [0.5, 0.6) is 0 Å². The van der Waals surface area contributed by atoms with Crippen LogP contribution in [0.1, 0.15) is 12.5 Å². The molecule has 1 aromatic rings. The Balaban J connectivity index is 2.35. The van der Waals surface area contributed by atoms with Gasteiger partial charge < -0.3 is 10.6 Å². The number of amides is 2. The molecule has 0 radical (unpaired) electrons. The Morgan fingerprint density at radius 2 is 1.96 bits per heavy atom. The summed E-state index contributed by atoms with van der Waals surface area (Å²) in [4.78, 5) is 26.0. The normalized spacial score (nSPS) is 15.2. The molecule has 1 heterocycles. The van der Waals surface area contributed by atoms with Crippen molar-refractivity contribution < 1.29 is 9.59 Å². The van der Waals surface area contributed by atoms with Crippen LogP contribution in [0, 0.1) is 29.2 Å². The summed E-state index contributed by atoms with van der Waals surface area (Å²) in [7, 11) is 0. The van der Waals surface area contributed by atoms with Crippen molar-refractivity contribution in [2.75, 3.05) is 5.32 Å². The average molecular weight is 329 g/mol. The lowest BCUT2D eigenvalue weighted by atomic mass is 10.1. The van der Waals surface area contributed by atoms with E-state index in [2.05, 4.69) is 15.5 Å². The first kappa shape index (κ1) is 17.2. The van der Waals surface area contributed by atoms with E-state index < -0.39 is 5.91 Å². The number of nitriles is 2. The maximum Gasteiger partial charge on any atom is 0.286 e. The Morgan fingerprint density at radius 1 is 1.28 bits per heavy atom. The van der Waals surface area contributed by atoms with Crippen LogP contribution in [0.15, 0.2) is 52.9 Å². The van der Waals surface area contributed by atoms with Gasteiger partial charge in [0, 0.05) is 12.6 Å². The fourth-order valence-corrected chi connectivity index (χ4v) is 2.14. The van der Waals surface area contributed by atoms with Crippen LogP contribution < -0.4 is 10.6 Å². The fraction of sp³-hybridized carbons (Fsp3) is 0.0556. The molecule has 0 fully saturated rings. The molecule has 1 aliphatic rings. The van der Waals surface area contributed by atoms with E-state index in [0.29, 0.717) is 5.69 Å². The van der Waals surface area contributed by atoms with E-state index >= 15 is 0 Å². The van der Waals surface area contributed by atoms with Crippen LogP contribution in [0.25, 0.3) is 10.9 Å². The summed E-state index contributed by atoms with van der Waals surface area (Å²) in [6.45, 7) is 8.35. The second-order valence-electron chi connectivity index (χ2n) is 4.94. The number of rotatable bonds is 3. The summed E-state index contributed by atoms with van der Waals surface area (Å²) >= 11 is 0. The van der Waals surface area contributed by atoms with Gasteiger partial charge in [0.2, 0.25) is 5.91 Å². The molecule has 2 amide bonds. The predicted molar refractivity (Wildman–Crippen MR) is 89.8 cm³/mol. The molecule has 1 aromatic carbocycles.